The number of benzene rings is 1. The number of nitrogens with zero attached hydrogens (tertiary/aromatic N) is 1. The molecule has 1 aromatic rings. The highest BCUT2D eigenvalue weighted by Crippen LogP contribution is 2.13. The van der Waals surface area contributed by atoms with Gasteiger partial charge < -0.3 is 10.1 Å². The summed E-state index contributed by atoms with van der Waals surface area (Å²) in [7, 11) is -2.36. The summed E-state index contributed by atoms with van der Waals surface area (Å²) in [5.41, 5.74) is 1.29. The number of sulfonamides is 1. The summed E-state index contributed by atoms with van der Waals surface area (Å²) in [6, 6.07) is 7.26. The number of hydrogen-bond acceptors (Lipinski definition) is 6. The van der Waals surface area contributed by atoms with Crippen LogP contribution in [0.3, 0.4) is 0 Å². The molecule has 27 heavy (non-hydrogen) atoms. The molecule has 0 saturated carbocycles. The molecule has 0 heterocycles. The monoisotopic (exact) mass is 393 g/mol. The van der Waals surface area contributed by atoms with Crippen molar-refractivity contribution >= 4 is 27.6 Å². The summed E-state index contributed by atoms with van der Waals surface area (Å²) in [5.74, 6) is -0.664. The topological polar surface area (TPSA) is 139 Å². The third-order valence-corrected chi connectivity index (χ3v) is 3.38. The van der Waals surface area contributed by atoms with E-state index in [1.165, 1.54) is 37.5 Å². The summed E-state index contributed by atoms with van der Waals surface area (Å²) in [6.07, 6.45) is 1.18. The molecule has 0 aliphatic carbocycles. The molecule has 9 heteroatoms. The number of anilines is 1. The number of rotatable bonds is 4. The van der Waals surface area contributed by atoms with Crippen LogP contribution in [0.1, 0.15) is 13.8 Å². The van der Waals surface area contributed by atoms with Gasteiger partial charge in [0.05, 0.1) is 18.1 Å². The molecule has 1 aromatic carbocycles. The van der Waals surface area contributed by atoms with Gasteiger partial charge in [-0.1, -0.05) is 19.7 Å². The normalized spacial score (nSPS) is 9.00. The van der Waals surface area contributed by atoms with Gasteiger partial charge in [-0.3, -0.25) is 4.79 Å². The number of hydrogen-bond donors (Lipinski definition) is 2. The molecule has 0 bridgehead atoms. The van der Waals surface area contributed by atoms with Crippen molar-refractivity contribution in [3.05, 3.63) is 61.2 Å². The Labute approximate surface area is 159 Å². The Bertz CT molecular complexity index is 835. The summed E-state index contributed by atoms with van der Waals surface area (Å²) in [5, 5.41) is 15.0. The Balaban J connectivity index is 0. The largest absolute Gasteiger partial charge is 0.466 e. The van der Waals surface area contributed by atoms with Crippen LogP contribution in [0.25, 0.3) is 0 Å². The standard InChI is InChI=1S/C10H12N2O3S.C5H8O2.C3H3N/c1-7(2)10(13)12-8-3-5-9(6-4-8)16(11,14)15;1-4(2)5(6)7-3;1-2-3-4/h3-6H,1H2,2H3,(H,12,13)(H2,11,14,15);1H2,2-3H3;2H,1H2. The fourth-order valence-corrected chi connectivity index (χ4v) is 1.66. The van der Waals surface area contributed by atoms with E-state index in [0.717, 1.165) is 0 Å². The number of primary sulfonamides is 1. The summed E-state index contributed by atoms with van der Waals surface area (Å²) >= 11 is 0. The highest BCUT2D eigenvalue weighted by Gasteiger charge is 2.07. The molecule has 0 atom stereocenters. The number of amides is 1. The first-order valence-corrected chi connectivity index (χ1v) is 8.79. The third kappa shape index (κ3) is 12.7. The first-order chi connectivity index (χ1) is 12.4. The summed E-state index contributed by atoms with van der Waals surface area (Å²) in [6.45, 7) is 13.1. The van der Waals surface area contributed by atoms with Crippen LogP contribution in [0.2, 0.25) is 0 Å². The summed E-state index contributed by atoms with van der Waals surface area (Å²) in [4.78, 5) is 21.4. The lowest BCUT2D eigenvalue weighted by Crippen LogP contribution is -2.13. The Morgan fingerprint density at radius 1 is 1.19 bits per heavy atom. The molecule has 0 saturated heterocycles. The molecule has 146 valence electrons. The second kappa shape index (κ2) is 13.0. The first kappa shape index (κ1) is 26.0. The van der Waals surface area contributed by atoms with Crippen LogP contribution in [0.4, 0.5) is 5.69 Å². The second-order valence-corrected chi connectivity index (χ2v) is 6.47. The average molecular weight is 393 g/mol. The number of carbonyl (C=O) groups is 2. The quantitative estimate of drug-likeness (QED) is 0.457. The molecule has 8 nitrogen and oxygen atoms in total. The lowest BCUT2D eigenvalue weighted by molar-refractivity contribution is -0.136. The van der Waals surface area contributed by atoms with Gasteiger partial charge in [-0.15, -0.1) is 0 Å². The van der Waals surface area contributed by atoms with E-state index in [-0.39, 0.29) is 16.8 Å². The number of allylic oxidation sites excluding steroid dienone is 1. The van der Waals surface area contributed by atoms with E-state index in [0.29, 0.717) is 16.8 Å². The van der Waals surface area contributed by atoms with Crippen molar-refractivity contribution in [3.8, 4) is 6.07 Å². The smallest absolute Gasteiger partial charge is 0.332 e. The fraction of sp³-hybridized carbons (Fsp3) is 0.167. The first-order valence-electron chi connectivity index (χ1n) is 7.24. The number of methoxy groups -OCH3 is 1. The van der Waals surface area contributed by atoms with Gasteiger partial charge in [0.2, 0.25) is 10.0 Å². The van der Waals surface area contributed by atoms with E-state index >= 15 is 0 Å². The minimum atomic E-state index is -3.69. The van der Waals surface area contributed by atoms with Crippen molar-refractivity contribution < 1.29 is 22.7 Å². The van der Waals surface area contributed by atoms with Gasteiger partial charge in [-0.25, -0.2) is 18.4 Å². The van der Waals surface area contributed by atoms with Crippen molar-refractivity contribution in [1.29, 1.82) is 5.26 Å². The van der Waals surface area contributed by atoms with Gasteiger partial charge in [0.1, 0.15) is 0 Å². The number of nitrogens with two attached hydrogens (primary N) is 1. The maximum atomic E-state index is 11.2. The molecule has 1 amide bonds. The Morgan fingerprint density at radius 2 is 1.63 bits per heavy atom. The van der Waals surface area contributed by atoms with E-state index in [1.54, 1.807) is 19.9 Å². The van der Waals surface area contributed by atoms with Crippen molar-refractivity contribution in [2.75, 3.05) is 12.4 Å². The minimum Gasteiger partial charge on any atom is -0.466 e. The maximum absolute atomic E-state index is 11.2. The fourth-order valence-electron chi connectivity index (χ4n) is 1.14. The predicted molar refractivity (Wildman–Crippen MR) is 104 cm³/mol. The van der Waals surface area contributed by atoms with E-state index in [2.05, 4.69) is 29.8 Å². The molecule has 1 rings (SSSR count). The van der Waals surface area contributed by atoms with Crippen molar-refractivity contribution in [2.45, 2.75) is 18.7 Å². The SMILES string of the molecule is C=C(C)C(=O)Nc1ccc(S(N)(=O)=O)cc1.C=C(C)C(=O)OC.C=CC#N. The molecule has 0 fully saturated rings. The number of ether oxygens (including phenoxy) is 1. The van der Waals surface area contributed by atoms with Crippen molar-refractivity contribution in [3.63, 3.8) is 0 Å². The number of nitrogens with one attached hydrogen (secondary N) is 1. The molecule has 3 N–H and O–H groups in total. The molecular formula is C18H23N3O5S. The Hall–Kier alpha value is -3.22. The van der Waals surface area contributed by atoms with Gasteiger partial charge in [-0.2, -0.15) is 5.26 Å². The minimum absolute atomic E-state index is 0.000763. The van der Waals surface area contributed by atoms with E-state index in [4.69, 9.17) is 10.4 Å². The maximum Gasteiger partial charge on any atom is 0.332 e. The van der Waals surface area contributed by atoms with Crippen LogP contribution in [-0.2, 0) is 24.3 Å². The van der Waals surface area contributed by atoms with E-state index < -0.39 is 10.0 Å². The Kier molecular flexibility index (Phi) is 12.6. The highest BCUT2D eigenvalue weighted by molar-refractivity contribution is 7.89. The van der Waals surface area contributed by atoms with E-state index in [1.807, 2.05) is 0 Å². The highest BCUT2D eigenvalue weighted by atomic mass is 32.2. The lowest BCUT2D eigenvalue weighted by Gasteiger charge is -2.05. The van der Waals surface area contributed by atoms with Crippen LogP contribution in [0, 0.1) is 11.3 Å². The zero-order valence-electron chi connectivity index (χ0n) is 15.5. The van der Waals surface area contributed by atoms with Gasteiger partial charge in [0, 0.05) is 22.9 Å². The number of esters is 1. The van der Waals surface area contributed by atoms with Crippen LogP contribution >= 0.6 is 0 Å². The van der Waals surface area contributed by atoms with Crippen LogP contribution in [0.15, 0.2) is 66.1 Å². The van der Waals surface area contributed by atoms with Crippen molar-refractivity contribution in [1.82, 2.24) is 0 Å². The van der Waals surface area contributed by atoms with Crippen LogP contribution in [0.5, 0.6) is 0 Å². The lowest BCUT2D eigenvalue weighted by atomic mass is 10.3. The second-order valence-electron chi connectivity index (χ2n) is 4.91. The van der Waals surface area contributed by atoms with Gasteiger partial charge in [0.25, 0.3) is 5.91 Å². The van der Waals surface area contributed by atoms with E-state index in [9.17, 15) is 18.0 Å². The zero-order valence-corrected chi connectivity index (χ0v) is 16.3. The molecule has 0 radical (unpaired) electrons. The van der Waals surface area contributed by atoms with Gasteiger partial charge in [0.15, 0.2) is 0 Å². The molecule has 0 aromatic heterocycles. The van der Waals surface area contributed by atoms with Crippen LogP contribution in [-0.4, -0.2) is 27.4 Å². The molecule has 0 unspecified atom stereocenters. The third-order valence-electron chi connectivity index (χ3n) is 2.45. The zero-order chi connectivity index (χ0) is 21.6. The average Bonchev–Trinajstić information content (AvgIpc) is 2.61. The molecular weight excluding hydrogens is 370 g/mol. The van der Waals surface area contributed by atoms with Gasteiger partial charge >= 0.3 is 5.97 Å². The number of nitriles is 1. The molecule has 0 aliphatic heterocycles. The van der Waals surface area contributed by atoms with Gasteiger partial charge in [-0.05, 0) is 38.1 Å². The molecule has 0 aliphatic rings. The molecule has 0 spiro atoms. The Morgan fingerprint density at radius 3 is 1.85 bits per heavy atom. The summed E-state index contributed by atoms with van der Waals surface area (Å²) < 4.78 is 26.2. The van der Waals surface area contributed by atoms with Crippen LogP contribution < -0.4 is 10.5 Å². The number of carbonyl (C=O) groups excluding carboxylic acids is 2. The predicted octanol–water partition coefficient (Wildman–Crippen LogP) is 2.28. The van der Waals surface area contributed by atoms with Crippen molar-refractivity contribution in [2.24, 2.45) is 5.14 Å².